The number of carbonyl (C=O) groups is 3. The highest BCUT2D eigenvalue weighted by atomic mass is 16.5. The summed E-state index contributed by atoms with van der Waals surface area (Å²) in [7, 11) is 2.93. The Morgan fingerprint density at radius 3 is 2.23 bits per heavy atom. The topological polar surface area (TPSA) is 113 Å². The highest BCUT2D eigenvalue weighted by Gasteiger charge is 2.46. The van der Waals surface area contributed by atoms with Crippen LogP contribution in [0.1, 0.15) is 29.2 Å². The summed E-state index contributed by atoms with van der Waals surface area (Å²) >= 11 is 0. The number of Topliss-reactive ketones (excluding diaryl/α,β-unsaturated/α-hetero) is 1. The van der Waals surface area contributed by atoms with Gasteiger partial charge in [0.1, 0.15) is 5.76 Å². The molecule has 0 saturated carbocycles. The number of aryl methyl sites for hydroxylation is 1. The third-order valence-electron chi connectivity index (χ3n) is 5.15. The Hall–Kier alpha value is -3.81. The molecule has 8 nitrogen and oxygen atoms in total. The Morgan fingerprint density at radius 2 is 1.65 bits per heavy atom. The van der Waals surface area contributed by atoms with Gasteiger partial charge in [-0.15, -0.1) is 0 Å². The minimum Gasteiger partial charge on any atom is -0.507 e. The molecule has 0 unspecified atom stereocenters. The largest absolute Gasteiger partial charge is 0.507 e. The van der Waals surface area contributed by atoms with Gasteiger partial charge >= 0.3 is 5.97 Å². The van der Waals surface area contributed by atoms with Crippen molar-refractivity contribution in [3.05, 3.63) is 64.7 Å². The number of amides is 1. The van der Waals surface area contributed by atoms with E-state index in [0.717, 1.165) is 10.5 Å². The molecule has 1 aliphatic heterocycles. The second-order valence-electron chi connectivity index (χ2n) is 7.12. The maximum absolute atomic E-state index is 12.9. The fraction of sp³-hybridized carbons (Fsp3) is 0.261. The van der Waals surface area contributed by atoms with Gasteiger partial charge in [0.25, 0.3) is 11.7 Å². The molecule has 1 amide bonds. The zero-order valence-electron chi connectivity index (χ0n) is 17.4. The van der Waals surface area contributed by atoms with Crippen molar-refractivity contribution in [2.45, 2.75) is 19.4 Å². The van der Waals surface area contributed by atoms with Crippen LogP contribution in [0.3, 0.4) is 0 Å². The van der Waals surface area contributed by atoms with Crippen molar-refractivity contribution in [2.75, 3.05) is 20.8 Å². The predicted octanol–water partition coefficient (Wildman–Crippen LogP) is 2.91. The van der Waals surface area contributed by atoms with Crippen LogP contribution in [-0.4, -0.2) is 53.5 Å². The molecule has 2 aromatic carbocycles. The quantitative estimate of drug-likeness (QED) is 0.398. The van der Waals surface area contributed by atoms with E-state index < -0.39 is 23.7 Å². The van der Waals surface area contributed by atoms with Crippen molar-refractivity contribution in [1.82, 2.24) is 4.90 Å². The van der Waals surface area contributed by atoms with Crippen LogP contribution in [0.25, 0.3) is 5.76 Å². The molecule has 1 fully saturated rings. The van der Waals surface area contributed by atoms with E-state index in [1.165, 1.54) is 14.2 Å². The number of nitrogens with zero attached hydrogens (tertiary/aromatic N) is 1. The monoisotopic (exact) mass is 425 g/mol. The third-order valence-corrected chi connectivity index (χ3v) is 5.15. The highest BCUT2D eigenvalue weighted by Crippen LogP contribution is 2.42. The van der Waals surface area contributed by atoms with Crippen molar-refractivity contribution < 1.29 is 34.1 Å². The van der Waals surface area contributed by atoms with Crippen LogP contribution in [0.2, 0.25) is 0 Å². The predicted molar refractivity (Wildman–Crippen MR) is 112 cm³/mol. The molecule has 1 heterocycles. The molecule has 2 aromatic rings. The number of carboxylic acid groups (broad SMARTS) is 1. The van der Waals surface area contributed by atoms with Crippen LogP contribution >= 0.6 is 0 Å². The Balaban J connectivity index is 2.19. The number of likely N-dealkylation sites (tertiary alicyclic amines) is 1. The van der Waals surface area contributed by atoms with Gasteiger partial charge in [0.2, 0.25) is 0 Å². The van der Waals surface area contributed by atoms with Crippen LogP contribution < -0.4 is 9.47 Å². The number of rotatable bonds is 7. The second kappa shape index (κ2) is 8.91. The lowest BCUT2D eigenvalue weighted by Crippen LogP contribution is -2.31. The Kier molecular flexibility index (Phi) is 6.29. The van der Waals surface area contributed by atoms with E-state index in [1.54, 1.807) is 42.5 Å². The molecule has 3 rings (SSSR count). The Morgan fingerprint density at radius 1 is 1.00 bits per heavy atom. The molecular weight excluding hydrogens is 402 g/mol. The molecule has 0 aromatic heterocycles. The number of aliphatic hydroxyl groups is 1. The second-order valence-corrected chi connectivity index (χ2v) is 7.12. The fourth-order valence-electron chi connectivity index (χ4n) is 3.56. The van der Waals surface area contributed by atoms with Crippen molar-refractivity contribution in [1.29, 1.82) is 0 Å². The minimum atomic E-state index is -1.11. The lowest BCUT2D eigenvalue weighted by atomic mass is 9.94. The molecule has 1 atom stereocenters. The number of hydrogen-bond donors (Lipinski definition) is 2. The van der Waals surface area contributed by atoms with Crippen LogP contribution in [-0.2, 0) is 14.4 Å². The summed E-state index contributed by atoms with van der Waals surface area (Å²) < 4.78 is 10.6. The van der Waals surface area contributed by atoms with Gasteiger partial charge in [0, 0.05) is 12.1 Å². The molecule has 162 valence electrons. The summed E-state index contributed by atoms with van der Waals surface area (Å²) in [6, 6.07) is 10.8. The number of aliphatic carboxylic acids is 1. The average molecular weight is 425 g/mol. The van der Waals surface area contributed by atoms with Crippen molar-refractivity contribution in [3.8, 4) is 11.5 Å². The van der Waals surface area contributed by atoms with E-state index in [0.29, 0.717) is 22.6 Å². The van der Waals surface area contributed by atoms with Crippen molar-refractivity contribution >= 4 is 23.4 Å². The van der Waals surface area contributed by atoms with Gasteiger partial charge < -0.3 is 24.6 Å². The van der Waals surface area contributed by atoms with Crippen molar-refractivity contribution in [3.63, 3.8) is 0 Å². The molecule has 0 radical (unpaired) electrons. The summed E-state index contributed by atoms with van der Waals surface area (Å²) in [5.41, 5.74) is 1.73. The molecule has 8 heteroatoms. The maximum atomic E-state index is 12.9. The van der Waals surface area contributed by atoms with Gasteiger partial charge in [-0.05, 0) is 24.6 Å². The van der Waals surface area contributed by atoms with Gasteiger partial charge in [0.05, 0.1) is 32.3 Å². The number of hydrogen-bond acceptors (Lipinski definition) is 6. The van der Waals surface area contributed by atoms with Gasteiger partial charge in [-0.25, -0.2) is 0 Å². The van der Waals surface area contributed by atoms with E-state index in [1.807, 2.05) is 6.92 Å². The molecule has 2 N–H and O–H groups in total. The van der Waals surface area contributed by atoms with Crippen LogP contribution in [0, 0.1) is 6.92 Å². The van der Waals surface area contributed by atoms with Gasteiger partial charge in [-0.1, -0.05) is 35.9 Å². The van der Waals surface area contributed by atoms with Crippen LogP contribution in [0.5, 0.6) is 11.5 Å². The van der Waals surface area contributed by atoms with Crippen LogP contribution in [0.15, 0.2) is 48.0 Å². The number of ketones is 1. The SMILES string of the molecule is COc1ccc([C@H]2C(=C(O)c3ccc(C)cc3)C(=O)C(=O)N2CCC(=O)O)cc1OC. The molecule has 31 heavy (non-hydrogen) atoms. The first-order valence-corrected chi connectivity index (χ1v) is 9.57. The zero-order valence-corrected chi connectivity index (χ0v) is 17.4. The molecule has 0 bridgehead atoms. The van der Waals surface area contributed by atoms with Gasteiger partial charge in [-0.2, -0.15) is 0 Å². The summed E-state index contributed by atoms with van der Waals surface area (Å²) in [5, 5.41) is 20.1. The van der Waals surface area contributed by atoms with E-state index in [4.69, 9.17) is 14.6 Å². The normalized spacial score (nSPS) is 17.6. The zero-order chi connectivity index (χ0) is 22.7. The fourth-order valence-corrected chi connectivity index (χ4v) is 3.56. The summed E-state index contributed by atoms with van der Waals surface area (Å²) in [4.78, 5) is 37.9. The van der Waals surface area contributed by atoms with E-state index in [2.05, 4.69) is 0 Å². The Bertz CT molecular complexity index is 1060. The molecule has 0 spiro atoms. The molecule has 1 aliphatic rings. The number of methoxy groups -OCH3 is 2. The number of aliphatic hydroxyl groups excluding tert-OH is 1. The first kappa shape index (κ1) is 21.9. The van der Waals surface area contributed by atoms with E-state index in [9.17, 15) is 19.5 Å². The Labute approximate surface area is 179 Å². The van der Waals surface area contributed by atoms with Gasteiger partial charge in [0.15, 0.2) is 11.5 Å². The summed E-state index contributed by atoms with van der Waals surface area (Å²) in [6.45, 7) is 1.70. The first-order valence-electron chi connectivity index (χ1n) is 9.57. The lowest BCUT2D eigenvalue weighted by molar-refractivity contribution is -0.142. The standard InChI is InChI=1S/C23H23NO7/c1-13-4-6-14(7-5-13)21(27)19-20(15-8-9-16(30-2)17(12-15)31-3)24(11-10-18(25)26)23(29)22(19)28/h4-9,12,20,27H,10-11H2,1-3H3,(H,25,26)/t20-/m0/s1. The minimum absolute atomic E-state index is 0.105. The number of benzene rings is 2. The lowest BCUT2D eigenvalue weighted by Gasteiger charge is -2.25. The third kappa shape index (κ3) is 4.23. The van der Waals surface area contributed by atoms with E-state index >= 15 is 0 Å². The summed E-state index contributed by atoms with van der Waals surface area (Å²) in [6.07, 6.45) is -0.346. The van der Waals surface area contributed by atoms with Crippen molar-refractivity contribution in [2.24, 2.45) is 0 Å². The number of carboxylic acids is 1. The molecular formula is C23H23NO7. The number of ether oxygens (including phenoxy) is 2. The molecule has 1 saturated heterocycles. The average Bonchev–Trinajstić information content (AvgIpc) is 3.01. The smallest absolute Gasteiger partial charge is 0.305 e. The van der Waals surface area contributed by atoms with E-state index in [-0.39, 0.29) is 24.3 Å². The highest BCUT2D eigenvalue weighted by molar-refractivity contribution is 6.46. The summed E-state index contributed by atoms with van der Waals surface area (Å²) in [5.74, 6) is -2.34. The maximum Gasteiger partial charge on any atom is 0.305 e. The number of carbonyl (C=O) groups excluding carboxylic acids is 2. The van der Waals surface area contributed by atoms with Gasteiger partial charge in [-0.3, -0.25) is 14.4 Å². The first-order chi connectivity index (χ1) is 14.8. The molecule has 0 aliphatic carbocycles. The van der Waals surface area contributed by atoms with Crippen LogP contribution in [0.4, 0.5) is 0 Å².